The van der Waals surface area contributed by atoms with Gasteiger partial charge in [-0.1, -0.05) is 36.6 Å². The van der Waals surface area contributed by atoms with Gasteiger partial charge in [0.15, 0.2) is 0 Å². The number of rotatable bonds is 2. The van der Waals surface area contributed by atoms with Crippen molar-refractivity contribution in [2.75, 3.05) is 0 Å². The van der Waals surface area contributed by atoms with Gasteiger partial charge in [-0.15, -0.1) is 0 Å². The van der Waals surface area contributed by atoms with Gasteiger partial charge in [-0.25, -0.2) is 0 Å². The summed E-state index contributed by atoms with van der Waals surface area (Å²) in [5.41, 5.74) is 3.10. The molecule has 56 valence electrons. The molecular weight excluding hydrogens is 120 g/mol. The van der Waals surface area contributed by atoms with Gasteiger partial charge in [-0.2, -0.15) is 0 Å². The van der Waals surface area contributed by atoms with E-state index in [0.717, 1.165) is 0 Å². The second-order valence-corrected chi connectivity index (χ2v) is 3.06. The van der Waals surface area contributed by atoms with Crippen molar-refractivity contribution in [2.45, 2.75) is 39.5 Å². The van der Waals surface area contributed by atoms with E-state index in [1.165, 1.54) is 25.7 Å². The van der Waals surface area contributed by atoms with Crippen molar-refractivity contribution in [2.24, 2.45) is 0 Å². The first kappa shape index (κ1) is 7.59. The van der Waals surface area contributed by atoms with E-state index < -0.39 is 0 Å². The van der Waals surface area contributed by atoms with Crippen LogP contribution in [0.15, 0.2) is 23.3 Å². The van der Waals surface area contributed by atoms with Crippen LogP contribution in [0.2, 0.25) is 0 Å². The molecule has 0 aromatic heterocycles. The first-order valence-electron chi connectivity index (χ1n) is 4.19. The Labute approximate surface area is 63.6 Å². The van der Waals surface area contributed by atoms with Crippen molar-refractivity contribution in [1.82, 2.24) is 0 Å². The zero-order valence-electron chi connectivity index (χ0n) is 6.98. The quantitative estimate of drug-likeness (QED) is 0.545. The molecule has 0 atom stereocenters. The highest BCUT2D eigenvalue weighted by Crippen LogP contribution is 2.22. The summed E-state index contributed by atoms with van der Waals surface area (Å²) >= 11 is 0. The third-order valence-electron chi connectivity index (χ3n) is 1.94. The summed E-state index contributed by atoms with van der Waals surface area (Å²) in [5, 5.41) is 0. The lowest BCUT2D eigenvalue weighted by molar-refractivity contribution is 0.934. The SMILES string of the molecule is CCC/C=C1/C=C(C)CC1. The Bertz CT molecular complexity index is 161. The number of unbranched alkanes of at least 4 members (excludes halogenated alkanes) is 1. The average Bonchev–Trinajstić information content (AvgIpc) is 2.31. The highest BCUT2D eigenvalue weighted by atomic mass is 14.1. The molecular formula is C10H16. The predicted octanol–water partition coefficient (Wildman–Crippen LogP) is 3.45. The summed E-state index contributed by atoms with van der Waals surface area (Å²) in [6.07, 6.45) is 9.79. The first-order valence-corrected chi connectivity index (χ1v) is 4.19. The molecule has 1 aliphatic carbocycles. The van der Waals surface area contributed by atoms with E-state index in [9.17, 15) is 0 Å². The Morgan fingerprint density at radius 3 is 2.80 bits per heavy atom. The third-order valence-corrected chi connectivity index (χ3v) is 1.94. The summed E-state index contributed by atoms with van der Waals surface area (Å²) in [6, 6.07) is 0. The molecule has 10 heavy (non-hydrogen) atoms. The highest BCUT2D eigenvalue weighted by Gasteiger charge is 2.02. The van der Waals surface area contributed by atoms with E-state index >= 15 is 0 Å². The average molecular weight is 136 g/mol. The van der Waals surface area contributed by atoms with E-state index in [1.54, 1.807) is 11.1 Å². The van der Waals surface area contributed by atoms with Gasteiger partial charge in [0.1, 0.15) is 0 Å². The monoisotopic (exact) mass is 136 g/mol. The fourth-order valence-electron chi connectivity index (χ4n) is 1.29. The smallest absolute Gasteiger partial charge is 0.0245 e. The van der Waals surface area contributed by atoms with Crippen molar-refractivity contribution >= 4 is 0 Å². The molecule has 1 aliphatic rings. The van der Waals surface area contributed by atoms with Crippen LogP contribution in [0, 0.1) is 0 Å². The molecule has 0 aromatic carbocycles. The Morgan fingerprint density at radius 1 is 1.50 bits per heavy atom. The number of hydrogen-bond acceptors (Lipinski definition) is 0. The van der Waals surface area contributed by atoms with Crippen LogP contribution in [-0.4, -0.2) is 0 Å². The van der Waals surface area contributed by atoms with Gasteiger partial charge >= 0.3 is 0 Å². The topological polar surface area (TPSA) is 0 Å². The maximum absolute atomic E-state index is 2.37. The maximum atomic E-state index is 2.37. The van der Waals surface area contributed by atoms with Gasteiger partial charge in [0.25, 0.3) is 0 Å². The summed E-state index contributed by atoms with van der Waals surface area (Å²) in [7, 11) is 0. The zero-order chi connectivity index (χ0) is 7.40. The molecule has 0 saturated heterocycles. The lowest BCUT2D eigenvalue weighted by Gasteiger charge is -1.90. The predicted molar refractivity (Wildman–Crippen MR) is 46.0 cm³/mol. The first-order chi connectivity index (χ1) is 4.83. The summed E-state index contributed by atoms with van der Waals surface area (Å²) in [4.78, 5) is 0. The third kappa shape index (κ3) is 2.02. The van der Waals surface area contributed by atoms with E-state index in [0.29, 0.717) is 0 Å². The van der Waals surface area contributed by atoms with Gasteiger partial charge in [-0.05, 0) is 26.2 Å². The zero-order valence-corrected chi connectivity index (χ0v) is 6.98. The minimum atomic E-state index is 1.25. The van der Waals surface area contributed by atoms with Crippen molar-refractivity contribution < 1.29 is 0 Å². The summed E-state index contributed by atoms with van der Waals surface area (Å²) in [5.74, 6) is 0. The Kier molecular flexibility index (Phi) is 2.73. The molecule has 0 saturated carbocycles. The van der Waals surface area contributed by atoms with E-state index in [4.69, 9.17) is 0 Å². The van der Waals surface area contributed by atoms with Crippen molar-refractivity contribution in [3.05, 3.63) is 23.3 Å². The molecule has 0 heterocycles. The second kappa shape index (κ2) is 3.60. The Balaban J connectivity index is 2.43. The molecule has 0 aromatic rings. The van der Waals surface area contributed by atoms with E-state index in [2.05, 4.69) is 26.0 Å². The molecule has 0 fully saturated rings. The largest absolute Gasteiger partial charge is 0.0813 e. The van der Waals surface area contributed by atoms with Crippen LogP contribution in [0.25, 0.3) is 0 Å². The molecule has 0 radical (unpaired) electrons. The van der Waals surface area contributed by atoms with Crippen LogP contribution in [0.4, 0.5) is 0 Å². The Hall–Kier alpha value is -0.520. The van der Waals surface area contributed by atoms with Gasteiger partial charge in [-0.3, -0.25) is 0 Å². The molecule has 0 amide bonds. The van der Waals surface area contributed by atoms with Gasteiger partial charge < -0.3 is 0 Å². The lowest BCUT2D eigenvalue weighted by Crippen LogP contribution is -1.70. The second-order valence-electron chi connectivity index (χ2n) is 3.06. The fraction of sp³-hybridized carbons (Fsp3) is 0.600. The molecule has 0 aliphatic heterocycles. The van der Waals surface area contributed by atoms with Crippen molar-refractivity contribution in [1.29, 1.82) is 0 Å². The number of hydrogen-bond donors (Lipinski definition) is 0. The van der Waals surface area contributed by atoms with Crippen LogP contribution < -0.4 is 0 Å². The van der Waals surface area contributed by atoms with Crippen LogP contribution in [0.3, 0.4) is 0 Å². The van der Waals surface area contributed by atoms with Crippen LogP contribution in [-0.2, 0) is 0 Å². The molecule has 0 heteroatoms. The van der Waals surface area contributed by atoms with E-state index in [-0.39, 0.29) is 0 Å². The molecule has 0 spiro atoms. The minimum absolute atomic E-state index is 1.25. The Morgan fingerprint density at radius 2 is 2.30 bits per heavy atom. The van der Waals surface area contributed by atoms with Crippen molar-refractivity contribution in [3.63, 3.8) is 0 Å². The fourth-order valence-corrected chi connectivity index (χ4v) is 1.29. The standard InChI is InChI=1S/C10H16/c1-3-4-5-10-7-6-9(2)8-10/h5,8H,3-4,6-7H2,1-2H3/b10-5+. The van der Waals surface area contributed by atoms with Gasteiger partial charge in [0, 0.05) is 0 Å². The maximum Gasteiger partial charge on any atom is -0.0245 e. The molecule has 0 bridgehead atoms. The van der Waals surface area contributed by atoms with Gasteiger partial charge in [0.2, 0.25) is 0 Å². The minimum Gasteiger partial charge on any atom is -0.0813 e. The molecule has 1 rings (SSSR count). The van der Waals surface area contributed by atoms with Crippen LogP contribution in [0.1, 0.15) is 39.5 Å². The van der Waals surface area contributed by atoms with Crippen LogP contribution in [0.5, 0.6) is 0 Å². The van der Waals surface area contributed by atoms with Crippen LogP contribution >= 0.6 is 0 Å². The molecule has 0 N–H and O–H groups in total. The highest BCUT2D eigenvalue weighted by molar-refractivity contribution is 5.29. The normalized spacial score (nSPS) is 21.8. The summed E-state index contributed by atoms with van der Waals surface area (Å²) < 4.78 is 0. The summed E-state index contributed by atoms with van der Waals surface area (Å²) in [6.45, 7) is 4.44. The molecule has 0 nitrogen and oxygen atoms in total. The lowest BCUT2D eigenvalue weighted by atomic mass is 10.2. The van der Waals surface area contributed by atoms with Crippen molar-refractivity contribution in [3.8, 4) is 0 Å². The van der Waals surface area contributed by atoms with E-state index in [1.807, 2.05) is 0 Å². The van der Waals surface area contributed by atoms with Gasteiger partial charge in [0.05, 0.1) is 0 Å². The number of allylic oxidation sites excluding steroid dienone is 4. The molecule has 0 unspecified atom stereocenters.